The molecule has 188 valence electrons. The van der Waals surface area contributed by atoms with Crippen molar-refractivity contribution < 1.29 is 23.5 Å². The summed E-state index contributed by atoms with van der Waals surface area (Å²) in [5.41, 5.74) is 0.210. The van der Waals surface area contributed by atoms with E-state index in [0.717, 1.165) is 0 Å². The van der Waals surface area contributed by atoms with Gasteiger partial charge >= 0.3 is 0 Å². The number of piperidine rings is 1. The lowest BCUT2D eigenvalue weighted by Crippen LogP contribution is -2.54. The van der Waals surface area contributed by atoms with E-state index in [1.54, 1.807) is 48.5 Å². The molecule has 4 aromatic rings. The molecule has 0 N–H and O–H groups in total. The van der Waals surface area contributed by atoms with Crippen LogP contribution in [0.3, 0.4) is 0 Å². The molecule has 1 amide bonds. The first kappa shape index (κ1) is 25.3. The predicted molar refractivity (Wildman–Crippen MR) is 142 cm³/mol. The highest BCUT2D eigenvalue weighted by molar-refractivity contribution is 7.78. The molecule has 2 unspecified atom stereocenters. The minimum absolute atomic E-state index is 0.0809. The number of carbonyl (C=O) groups excluding carboxylic acids is 2. The zero-order chi connectivity index (χ0) is 26.2. The van der Waals surface area contributed by atoms with E-state index in [9.17, 15) is 14.0 Å². The Hall–Kier alpha value is -3.40. The van der Waals surface area contributed by atoms with Gasteiger partial charge in [-0.25, -0.2) is 9.37 Å². The molecule has 2 aromatic carbocycles. The molecule has 1 aliphatic heterocycles. The Bertz CT molecular complexity index is 1480. The smallest absolute Gasteiger partial charge is 0.248 e. The van der Waals surface area contributed by atoms with E-state index in [0.29, 0.717) is 21.8 Å². The molecule has 1 aliphatic rings. The maximum Gasteiger partial charge on any atom is 0.248 e. The van der Waals surface area contributed by atoms with Gasteiger partial charge in [-0.05, 0) is 52.2 Å². The van der Waals surface area contributed by atoms with Crippen LogP contribution in [0, 0.1) is 5.82 Å². The first-order valence-electron chi connectivity index (χ1n) is 11.2. The molecule has 5 rings (SSSR count). The molecule has 0 bridgehead atoms. The van der Waals surface area contributed by atoms with Crippen molar-refractivity contribution in [3.8, 4) is 17.4 Å². The predicted octanol–water partition coefficient (Wildman–Crippen LogP) is 6.41. The maximum atomic E-state index is 14.2. The summed E-state index contributed by atoms with van der Waals surface area (Å²) in [7, 11) is 1.38. The monoisotopic (exact) mass is 554 g/mol. The summed E-state index contributed by atoms with van der Waals surface area (Å²) in [6.07, 6.45) is -0.0809. The number of Topliss-reactive ketones (excluding diaryl/α,β-unsaturated/α-hetero) is 1. The molecule has 0 radical (unpaired) electrons. The summed E-state index contributed by atoms with van der Waals surface area (Å²) >= 11 is 12.4. The normalized spacial score (nSPS) is 19.7. The standard InChI is InChI=1S/C27H20ClFN2O4S2/c1-34-22-10-9-17(13-20(22)29)35-24-8-4-7-23(30-24)27(16-11-12-37-15-16)14-21(32)25(26(33)31(27)36)18-5-2-3-6-19(18)28/h2-13,15,25,36H,14H2,1H3. The van der Waals surface area contributed by atoms with Crippen LogP contribution in [0.5, 0.6) is 17.4 Å². The molecule has 2 aromatic heterocycles. The number of ketones is 1. The van der Waals surface area contributed by atoms with E-state index in [2.05, 4.69) is 17.8 Å². The summed E-state index contributed by atoms with van der Waals surface area (Å²) in [4.78, 5) is 32.0. The fourth-order valence-corrected chi connectivity index (χ4v) is 5.87. The van der Waals surface area contributed by atoms with Crippen molar-refractivity contribution in [2.75, 3.05) is 7.11 Å². The van der Waals surface area contributed by atoms with Crippen LogP contribution in [0.4, 0.5) is 4.39 Å². The number of hydrogen-bond donors (Lipinski definition) is 1. The molecule has 2 atom stereocenters. The van der Waals surface area contributed by atoms with E-state index in [1.807, 2.05) is 16.8 Å². The van der Waals surface area contributed by atoms with Crippen molar-refractivity contribution >= 4 is 47.4 Å². The van der Waals surface area contributed by atoms with Crippen LogP contribution >= 0.6 is 35.8 Å². The second kappa shape index (κ2) is 10.2. The number of methoxy groups -OCH3 is 1. The molecule has 1 fully saturated rings. The molecule has 3 heterocycles. The number of rotatable bonds is 6. The number of pyridine rings is 1. The number of ether oxygens (including phenoxy) is 2. The lowest BCUT2D eigenvalue weighted by molar-refractivity contribution is -0.142. The molecule has 6 nitrogen and oxygen atoms in total. The molecule has 10 heteroatoms. The van der Waals surface area contributed by atoms with Crippen LogP contribution in [-0.4, -0.2) is 28.1 Å². The van der Waals surface area contributed by atoms with Gasteiger partial charge in [-0.3, -0.25) is 13.9 Å². The average Bonchev–Trinajstić information content (AvgIpc) is 3.43. The molecular weight excluding hydrogens is 535 g/mol. The first-order valence-corrected chi connectivity index (χ1v) is 12.9. The highest BCUT2D eigenvalue weighted by Gasteiger charge is 2.53. The average molecular weight is 555 g/mol. The van der Waals surface area contributed by atoms with E-state index >= 15 is 0 Å². The third kappa shape index (κ3) is 4.47. The Labute approximate surface area is 227 Å². The lowest BCUT2D eigenvalue weighted by Gasteiger charge is -2.45. The summed E-state index contributed by atoms with van der Waals surface area (Å²) in [5, 5.41) is 4.04. The number of halogens is 2. The van der Waals surface area contributed by atoms with Crippen molar-refractivity contribution in [2.45, 2.75) is 17.9 Å². The van der Waals surface area contributed by atoms with Gasteiger partial charge in [-0.1, -0.05) is 48.7 Å². The SMILES string of the molecule is COc1ccc(Oc2cccc(C3(c4ccsc4)CC(=O)C(c4ccccc4Cl)C(=O)N3S)n2)cc1F. The Morgan fingerprint density at radius 1 is 1.14 bits per heavy atom. The molecule has 0 spiro atoms. The quantitative estimate of drug-likeness (QED) is 0.220. The summed E-state index contributed by atoms with van der Waals surface area (Å²) in [6, 6.07) is 17.8. The van der Waals surface area contributed by atoms with Crippen molar-refractivity contribution in [1.82, 2.24) is 9.29 Å². The second-order valence-corrected chi connectivity index (χ2v) is 9.97. The van der Waals surface area contributed by atoms with Gasteiger partial charge in [0, 0.05) is 23.6 Å². The third-order valence-corrected chi connectivity index (χ3v) is 7.84. The minimum Gasteiger partial charge on any atom is -0.494 e. The van der Waals surface area contributed by atoms with E-state index in [-0.39, 0.29) is 29.6 Å². The minimum atomic E-state index is -1.29. The number of nitrogens with zero attached hydrogens (tertiary/aromatic N) is 2. The molecule has 0 saturated carbocycles. The molecule has 37 heavy (non-hydrogen) atoms. The summed E-state index contributed by atoms with van der Waals surface area (Å²) in [6.45, 7) is 0. The van der Waals surface area contributed by atoms with Crippen LogP contribution in [0.15, 0.2) is 77.5 Å². The fourth-order valence-electron chi connectivity index (χ4n) is 4.50. The van der Waals surface area contributed by atoms with Gasteiger partial charge in [-0.2, -0.15) is 11.3 Å². The van der Waals surface area contributed by atoms with Gasteiger partial charge in [0.25, 0.3) is 0 Å². The highest BCUT2D eigenvalue weighted by atomic mass is 35.5. The number of thiophene rings is 1. The maximum absolute atomic E-state index is 14.2. The fraction of sp³-hybridized carbons (Fsp3) is 0.148. The van der Waals surface area contributed by atoms with Crippen LogP contribution in [0.2, 0.25) is 5.02 Å². The van der Waals surface area contributed by atoms with Gasteiger partial charge < -0.3 is 9.47 Å². The molecule has 0 aliphatic carbocycles. The van der Waals surface area contributed by atoms with E-state index in [4.69, 9.17) is 21.1 Å². The highest BCUT2D eigenvalue weighted by Crippen LogP contribution is 2.48. The zero-order valence-corrected chi connectivity index (χ0v) is 21.9. The topological polar surface area (TPSA) is 68.7 Å². The van der Waals surface area contributed by atoms with Gasteiger partial charge in [-0.15, -0.1) is 0 Å². The number of benzene rings is 2. The van der Waals surface area contributed by atoms with Gasteiger partial charge in [0.15, 0.2) is 17.3 Å². The summed E-state index contributed by atoms with van der Waals surface area (Å²) < 4.78 is 26.2. The van der Waals surface area contributed by atoms with Crippen LogP contribution in [-0.2, 0) is 15.1 Å². The van der Waals surface area contributed by atoms with Crippen molar-refractivity contribution in [1.29, 1.82) is 0 Å². The van der Waals surface area contributed by atoms with Crippen molar-refractivity contribution in [3.63, 3.8) is 0 Å². The van der Waals surface area contributed by atoms with E-state index in [1.165, 1.54) is 34.9 Å². The van der Waals surface area contributed by atoms with Crippen LogP contribution < -0.4 is 9.47 Å². The largest absolute Gasteiger partial charge is 0.494 e. The lowest BCUT2D eigenvalue weighted by atomic mass is 9.75. The van der Waals surface area contributed by atoms with Gasteiger partial charge in [0.2, 0.25) is 11.8 Å². The Morgan fingerprint density at radius 2 is 1.95 bits per heavy atom. The molecule has 1 saturated heterocycles. The van der Waals surface area contributed by atoms with Gasteiger partial charge in [0.05, 0.1) is 12.8 Å². The number of hydrogen-bond acceptors (Lipinski definition) is 7. The van der Waals surface area contributed by atoms with Crippen LogP contribution in [0.1, 0.15) is 29.2 Å². The Kier molecular flexibility index (Phi) is 6.94. The number of aromatic nitrogens is 1. The van der Waals surface area contributed by atoms with E-state index < -0.39 is 23.2 Å². The van der Waals surface area contributed by atoms with Gasteiger partial charge in [0.1, 0.15) is 17.2 Å². The first-order chi connectivity index (χ1) is 17.8. The summed E-state index contributed by atoms with van der Waals surface area (Å²) in [5.74, 6) is -2.02. The number of carbonyl (C=O) groups is 2. The zero-order valence-electron chi connectivity index (χ0n) is 19.4. The Morgan fingerprint density at radius 3 is 2.65 bits per heavy atom. The third-order valence-electron chi connectivity index (χ3n) is 6.28. The second-order valence-electron chi connectivity index (χ2n) is 8.38. The van der Waals surface area contributed by atoms with Crippen molar-refractivity contribution in [3.05, 3.63) is 105 Å². The number of thiol groups is 1. The molecular formula is C27H20ClFN2O4S2. The van der Waals surface area contributed by atoms with Crippen molar-refractivity contribution in [2.24, 2.45) is 0 Å². The Balaban J connectivity index is 1.56. The van der Waals surface area contributed by atoms with Crippen LogP contribution in [0.25, 0.3) is 0 Å². The number of amides is 1.